The summed E-state index contributed by atoms with van der Waals surface area (Å²) in [4.78, 5) is 2.02. The van der Waals surface area contributed by atoms with Crippen LogP contribution in [0.5, 0.6) is 0 Å². The predicted molar refractivity (Wildman–Crippen MR) is 66.5 cm³/mol. The highest BCUT2D eigenvalue weighted by Crippen LogP contribution is 2.32. The Bertz CT molecular complexity index is 411. The number of alkyl halides is 3. The van der Waals surface area contributed by atoms with E-state index in [2.05, 4.69) is 0 Å². The smallest absolute Gasteiger partial charge is 0.396 e. The Morgan fingerprint density at radius 1 is 1.16 bits per heavy atom. The highest BCUT2D eigenvalue weighted by molar-refractivity contribution is 5.29. The van der Waals surface area contributed by atoms with E-state index in [-0.39, 0.29) is 6.61 Å². The zero-order valence-electron chi connectivity index (χ0n) is 10.7. The highest BCUT2D eigenvalue weighted by Gasteiger charge is 2.33. The Kier molecular flexibility index (Phi) is 4.47. The number of hydrogen-bond acceptors (Lipinski definition) is 2. The number of halogens is 3. The number of aliphatic hydroxyl groups excluding tert-OH is 1. The van der Waals surface area contributed by atoms with E-state index in [9.17, 15) is 13.2 Å². The van der Waals surface area contributed by atoms with E-state index in [4.69, 9.17) is 5.11 Å². The first kappa shape index (κ1) is 14.3. The third kappa shape index (κ3) is 3.70. The quantitative estimate of drug-likeness (QED) is 0.915. The molecule has 106 valence electrons. The summed E-state index contributed by atoms with van der Waals surface area (Å²) in [5.41, 5.74) is -0.211. The average molecular weight is 273 g/mol. The van der Waals surface area contributed by atoms with E-state index in [1.54, 1.807) is 12.1 Å². The molecule has 0 saturated carbocycles. The summed E-state index contributed by atoms with van der Waals surface area (Å²) in [5, 5.41) is 9.05. The van der Waals surface area contributed by atoms with Crippen LogP contribution in [0, 0.1) is 5.92 Å². The van der Waals surface area contributed by atoms with E-state index in [1.165, 1.54) is 6.07 Å². The maximum Gasteiger partial charge on any atom is 0.416 e. The van der Waals surface area contributed by atoms with Crippen molar-refractivity contribution in [3.63, 3.8) is 0 Å². The molecule has 1 saturated heterocycles. The van der Waals surface area contributed by atoms with Gasteiger partial charge in [-0.15, -0.1) is 0 Å². The van der Waals surface area contributed by atoms with Crippen LogP contribution < -0.4 is 0 Å². The summed E-state index contributed by atoms with van der Waals surface area (Å²) in [7, 11) is 0. The zero-order chi connectivity index (χ0) is 13.9. The van der Waals surface area contributed by atoms with Gasteiger partial charge in [0.1, 0.15) is 0 Å². The number of rotatable bonds is 3. The number of nitrogens with zero attached hydrogens (tertiary/aromatic N) is 1. The molecule has 1 aliphatic rings. The van der Waals surface area contributed by atoms with Crippen molar-refractivity contribution in [2.24, 2.45) is 5.92 Å². The Labute approximate surface area is 110 Å². The lowest BCUT2D eigenvalue weighted by Gasteiger charge is -2.31. The van der Waals surface area contributed by atoms with Gasteiger partial charge >= 0.3 is 6.18 Å². The number of benzene rings is 1. The van der Waals surface area contributed by atoms with Gasteiger partial charge in [0.2, 0.25) is 0 Å². The van der Waals surface area contributed by atoms with Gasteiger partial charge in [0.05, 0.1) is 5.56 Å². The summed E-state index contributed by atoms with van der Waals surface area (Å²) in [5.74, 6) is 0.300. The van der Waals surface area contributed by atoms with Crippen LogP contribution >= 0.6 is 0 Å². The van der Waals surface area contributed by atoms with Crippen LogP contribution in [-0.4, -0.2) is 29.7 Å². The summed E-state index contributed by atoms with van der Waals surface area (Å²) < 4.78 is 38.6. The van der Waals surface area contributed by atoms with E-state index in [0.717, 1.165) is 32.0 Å². The fourth-order valence-corrected chi connectivity index (χ4v) is 2.50. The lowest BCUT2D eigenvalue weighted by molar-refractivity contribution is -0.138. The van der Waals surface area contributed by atoms with Gasteiger partial charge in [-0.3, -0.25) is 4.90 Å². The SMILES string of the molecule is OCC1CCN(Cc2ccccc2C(F)(F)F)CC1. The summed E-state index contributed by atoms with van der Waals surface area (Å²) >= 11 is 0. The molecule has 0 aliphatic carbocycles. The molecule has 0 atom stereocenters. The summed E-state index contributed by atoms with van der Waals surface area (Å²) in [6.07, 6.45) is -2.59. The predicted octanol–water partition coefficient (Wildman–Crippen LogP) is 2.91. The van der Waals surface area contributed by atoms with E-state index in [1.807, 2.05) is 4.90 Å². The minimum absolute atomic E-state index is 0.174. The Balaban J connectivity index is 2.04. The van der Waals surface area contributed by atoms with Crippen LogP contribution in [0.3, 0.4) is 0 Å². The third-order valence-corrected chi connectivity index (χ3v) is 3.68. The normalized spacial score (nSPS) is 18.7. The van der Waals surface area contributed by atoms with Gasteiger partial charge in [-0.2, -0.15) is 13.2 Å². The lowest BCUT2D eigenvalue weighted by Crippen LogP contribution is -2.34. The molecule has 1 heterocycles. The molecular formula is C14H18F3NO. The second-order valence-corrected chi connectivity index (χ2v) is 5.06. The molecule has 0 aromatic heterocycles. The summed E-state index contributed by atoms with van der Waals surface area (Å²) in [6.45, 7) is 2.00. The second-order valence-electron chi connectivity index (χ2n) is 5.06. The van der Waals surface area contributed by atoms with Gasteiger partial charge in [-0.1, -0.05) is 18.2 Å². The molecule has 2 nitrogen and oxygen atoms in total. The van der Waals surface area contributed by atoms with Gasteiger partial charge in [-0.25, -0.2) is 0 Å². The molecule has 1 aromatic carbocycles. The molecule has 5 heteroatoms. The number of aliphatic hydroxyl groups is 1. The average Bonchev–Trinajstić information content (AvgIpc) is 2.39. The van der Waals surface area contributed by atoms with Crippen LogP contribution in [0.25, 0.3) is 0 Å². The monoisotopic (exact) mass is 273 g/mol. The van der Waals surface area contributed by atoms with Crippen molar-refractivity contribution in [3.05, 3.63) is 35.4 Å². The fraction of sp³-hybridized carbons (Fsp3) is 0.571. The molecule has 1 aromatic rings. The Morgan fingerprint density at radius 2 is 1.79 bits per heavy atom. The first-order chi connectivity index (χ1) is 9.00. The Hall–Kier alpha value is -1.07. The largest absolute Gasteiger partial charge is 0.416 e. The van der Waals surface area contributed by atoms with Gasteiger partial charge in [0.15, 0.2) is 0 Å². The molecular weight excluding hydrogens is 255 g/mol. The van der Waals surface area contributed by atoms with E-state index < -0.39 is 11.7 Å². The number of likely N-dealkylation sites (tertiary alicyclic amines) is 1. The van der Waals surface area contributed by atoms with Gasteiger partial charge in [0, 0.05) is 13.2 Å². The molecule has 19 heavy (non-hydrogen) atoms. The number of hydrogen-bond donors (Lipinski definition) is 1. The minimum Gasteiger partial charge on any atom is -0.396 e. The van der Waals surface area contributed by atoms with Crippen LogP contribution in [0.1, 0.15) is 24.0 Å². The topological polar surface area (TPSA) is 23.5 Å². The zero-order valence-corrected chi connectivity index (χ0v) is 10.7. The maximum atomic E-state index is 12.9. The van der Waals surface area contributed by atoms with Crippen LogP contribution in [0.4, 0.5) is 13.2 Å². The maximum absolute atomic E-state index is 12.9. The molecule has 0 spiro atoms. The van der Waals surface area contributed by atoms with Gasteiger partial charge in [-0.05, 0) is 43.5 Å². The van der Waals surface area contributed by atoms with Gasteiger partial charge < -0.3 is 5.11 Å². The van der Waals surface area contributed by atoms with Crippen molar-refractivity contribution in [3.8, 4) is 0 Å². The number of piperidine rings is 1. The van der Waals surface area contributed by atoms with Crippen LogP contribution in [0.2, 0.25) is 0 Å². The lowest BCUT2D eigenvalue weighted by atomic mass is 9.97. The minimum atomic E-state index is -4.29. The summed E-state index contributed by atoms with van der Waals surface area (Å²) in [6, 6.07) is 5.74. The van der Waals surface area contributed by atoms with Crippen molar-refractivity contribution in [2.75, 3.05) is 19.7 Å². The highest BCUT2D eigenvalue weighted by atomic mass is 19.4. The van der Waals surface area contributed by atoms with Crippen LogP contribution in [0.15, 0.2) is 24.3 Å². The fourth-order valence-electron chi connectivity index (χ4n) is 2.50. The van der Waals surface area contributed by atoms with Crippen molar-refractivity contribution in [1.82, 2.24) is 4.90 Å². The van der Waals surface area contributed by atoms with Crippen molar-refractivity contribution < 1.29 is 18.3 Å². The standard InChI is InChI=1S/C14H18F3NO/c15-14(16,17)13-4-2-1-3-12(13)9-18-7-5-11(10-19)6-8-18/h1-4,11,19H,5-10H2. The van der Waals surface area contributed by atoms with Crippen LogP contribution in [-0.2, 0) is 12.7 Å². The molecule has 1 fully saturated rings. The first-order valence-corrected chi connectivity index (χ1v) is 6.49. The Morgan fingerprint density at radius 3 is 2.37 bits per heavy atom. The molecule has 0 amide bonds. The van der Waals surface area contributed by atoms with E-state index in [0.29, 0.717) is 18.0 Å². The third-order valence-electron chi connectivity index (χ3n) is 3.68. The molecule has 0 unspecified atom stereocenters. The van der Waals surface area contributed by atoms with Crippen molar-refractivity contribution >= 4 is 0 Å². The van der Waals surface area contributed by atoms with Crippen molar-refractivity contribution in [1.29, 1.82) is 0 Å². The first-order valence-electron chi connectivity index (χ1n) is 6.49. The van der Waals surface area contributed by atoms with E-state index >= 15 is 0 Å². The second kappa shape index (κ2) is 5.92. The van der Waals surface area contributed by atoms with Gasteiger partial charge in [0.25, 0.3) is 0 Å². The molecule has 0 radical (unpaired) electrons. The molecule has 1 aliphatic heterocycles. The molecule has 0 bridgehead atoms. The molecule has 2 rings (SSSR count). The molecule has 1 N–H and O–H groups in total. The van der Waals surface area contributed by atoms with Crippen molar-refractivity contribution in [2.45, 2.75) is 25.6 Å².